The van der Waals surface area contributed by atoms with Gasteiger partial charge in [-0.3, -0.25) is 0 Å². The van der Waals surface area contributed by atoms with Crippen molar-refractivity contribution in [3.8, 4) is 11.8 Å². The van der Waals surface area contributed by atoms with Crippen LogP contribution in [-0.2, 0) is 0 Å². The second-order valence-electron chi connectivity index (χ2n) is 8.71. The van der Waals surface area contributed by atoms with Gasteiger partial charge in [0.1, 0.15) is 6.15 Å². The molecule has 0 aliphatic rings. The first-order chi connectivity index (χ1) is 16.7. The number of rotatable bonds is 5. The van der Waals surface area contributed by atoms with Gasteiger partial charge in [0.05, 0.1) is 0 Å². The predicted octanol–water partition coefficient (Wildman–Crippen LogP) is 3.52. The van der Waals surface area contributed by atoms with Gasteiger partial charge in [-0.15, -0.1) is 0 Å². The number of aromatic nitrogens is 1. The maximum atomic E-state index is 9.77. The standard InChI is InChI=1S/C31H25BN2/c1-25-20-21-29(23-31(25)34-22-12-11-19-30(34)24-33)32(26-13-5-2-6-14-26,27-15-7-3-8-16-27)28-17-9-4-10-18-28/h2-23H,1H3. The maximum Gasteiger partial charge on any atom is 0.289 e. The van der Waals surface area contributed by atoms with Crippen LogP contribution in [0, 0.1) is 18.3 Å². The summed E-state index contributed by atoms with van der Waals surface area (Å²) in [5.41, 5.74) is 7.73. The SMILES string of the molecule is Cc1ccc([B-](c2ccccc2)(c2ccccc2)c2ccccc2)cc1-[n+]1ccccc1C#N. The molecule has 1 heterocycles. The number of nitriles is 1. The highest BCUT2D eigenvalue weighted by Crippen LogP contribution is 2.14. The number of hydrogen-bond donors (Lipinski definition) is 0. The lowest BCUT2D eigenvalue weighted by molar-refractivity contribution is -0.599. The van der Waals surface area contributed by atoms with E-state index in [0.29, 0.717) is 5.69 Å². The average molecular weight is 436 g/mol. The van der Waals surface area contributed by atoms with Crippen molar-refractivity contribution < 1.29 is 4.57 Å². The molecule has 5 aromatic rings. The van der Waals surface area contributed by atoms with E-state index in [1.165, 1.54) is 21.9 Å². The molecule has 0 radical (unpaired) electrons. The van der Waals surface area contributed by atoms with Gasteiger partial charge in [0, 0.05) is 17.7 Å². The number of pyridine rings is 1. The van der Waals surface area contributed by atoms with Crippen molar-refractivity contribution >= 4 is 28.0 Å². The first-order valence-corrected chi connectivity index (χ1v) is 11.6. The first-order valence-electron chi connectivity index (χ1n) is 11.6. The average Bonchev–Trinajstić information content (AvgIpc) is 2.92. The van der Waals surface area contributed by atoms with Crippen molar-refractivity contribution in [2.45, 2.75) is 6.92 Å². The number of benzene rings is 4. The first kappa shape index (κ1) is 21.4. The van der Waals surface area contributed by atoms with Gasteiger partial charge in [-0.1, -0.05) is 103 Å². The summed E-state index contributed by atoms with van der Waals surface area (Å²) in [6.45, 7) is 2.10. The Balaban J connectivity index is 1.89. The molecule has 0 saturated heterocycles. The highest BCUT2D eigenvalue weighted by molar-refractivity contribution is 7.19. The van der Waals surface area contributed by atoms with E-state index in [-0.39, 0.29) is 0 Å². The minimum Gasteiger partial charge on any atom is -0.195 e. The lowest BCUT2D eigenvalue weighted by atomic mass is 9.13. The summed E-state index contributed by atoms with van der Waals surface area (Å²) in [5, 5.41) is 9.77. The molecule has 4 aromatic carbocycles. The van der Waals surface area contributed by atoms with E-state index in [0.717, 1.165) is 11.3 Å². The second-order valence-corrected chi connectivity index (χ2v) is 8.71. The highest BCUT2D eigenvalue weighted by Gasteiger charge is 2.32. The van der Waals surface area contributed by atoms with Gasteiger partial charge < -0.3 is 0 Å². The molecule has 0 saturated carbocycles. The van der Waals surface area contributed by atoms with Crippen molar-refractivity contribution in [1.82, 2.24) is 0 Å². The Morgan fingerprint density at radius 1 is 0.588 bits per heavy atom. The Labute approximate surface area is 201 Å². The fraction of sp³-hybridized carbons (Fsp3) is 0.0323. The monoisotopic (exact) mass is 436 g/mol. The van der Waals surface area contributed by atoms with Crippen LogP contribution in [-0.4, -0.2) is 6.15 Å². The van der Waals surface area contributed by atoms with Crippen LogP contribution in [0.4, 0.5) is 0 Å². The summed E-state index contributed by atoms with van der Waals surface area (Å²) in [6, 6.07) is 47.1. The largest absolute Gasteiger partial charge is 0.289 e. The van der Waals surface area contributed by atoms with Crippen molar-refractivity contribution in [3.05, 3.63) is 145 Å². The number of nitrogens with zero attached hydrogens (tertiary/aromatic N) is 2. The zero-order valence-corrected chi connectivity index (χ0v) is 19.2. The molecule has 0 aliphatic carbocycles. The van der Waals surface area contributed by atoms with E-state index in [9.17, 15) is 5.26 Å². The molecule has 0 atom stereocenters. The van der Waals surface area contributed by atoms with Gasteiger partial charge in [0.15, 0.2) is 12.3 Å². The Morgan fingerprint density at radius 3 is 1.59 bits per heavy atom. The zero-order valence-electron chi connectivity index (χ0n) is 19.2. The molecule has 0 bridgehead atoms. The Hall–Kier alpha value is -4.42. The van der Waals surface area contributed by atoms with Crippen LogP contribution in [0.15, 0.2) is 134 Å². The summed E-state index contributed by atoms with van der Waals surface area (Å²) >= 11 is 0. The molecule has 162 valence electrons. The molecule has 0 aliphatic heterocycles. The molecule has 1 aromatic heterocycles. The molecule has 3 heteroatoms. The Bertz CT molecular complexity index is 1360. The molecule has 0 fully saturated rings. The zero-order chi connectivity index (χ0) is 23.4. The summed E-state index contributed by atoms with van der Waals surface area (Å²) in [5.74, 6) is 0. The summed E-state index contributed by atoms with van der Waals surface area (Å²) in [7, 11) is 0. The minimum absolute atomic E-state index is 0.611. The molecule has 0 N–H and O–H groups in total. The van der Waals surface area contributed by atoms with Crippen LogP contribution in [0.5, 0.6) is 0 Å². The molecule has 34 heavy (non-hydrogen) atoms. The molecular weight excluding hydrogens is 411 g/mol. The van der Waals surface area contributed by atoms with Crippen LogP contribution >= 0.6 is 0 Å². The smallest absolute Gasteiger partial charge is 0.195 e. The fourth-order valence-corrected chi connectivity index (χ4v) is 5.28. The van der Waals surface area contributed by atoms with Crippen LogP contribution in [0.1, 0.15) is 11.3 Å². The van der Waals surface area contributed by atoms with E-state index in [1.807, 2.05) is 29.0 Å². The van der Waals surface area contributed by atoms with Crippen LogP contribution < -0.4 is 26.4 Å². The van der Waals surface area contributed by atoms with E-state index in [1.54, 1.807) is 0 Å². The topological polar surface area (TPSA) is 27.7 Å². The Kier molecular flexibility index (Phi) is 5.81. The quantitative estimate of drug-likeness (QED) is 0.306. The third-order valence-corrected chi connectivity index (χ3v) is 6.87. The number of hydrogen-bond acceptors (Lipinski definition) is 1. The second kappa shape index (κ2) is 9.21. The van der Waals surface area contributed by atoms with Gasteiger partial charge >= 0.3 is 0 Å². The lowest BCUT2D eigenvalue weighted by Gasteiger charge is -2.44. The molecule has 0 amide bonds. The molecule has 0 spiro atoms. The summed E-state index contributed by atoms with van der Waals surface area (Å²) in [4.78, 5) is 0. The fourth-order valence-electron chi connectivity index (χ4n) is 5.28. The van der Waals surface area contributed by atoms with Gasteiger partial charge in [-0.05, 0) is 19.1 Å². The molecule has 0 unspecified atom stereocenters. The van der Waals surface area contributed by atoms with Gasteiger partial charge in [0.2, 0.25) is 5.69 Å². The van der Waals surface area contributed by atoms with E-state index in [4.69, 9.17) is 0 Å². The predicted molar refractivity (Wildman–Crippen MR) is 141 cm³/mol. The molecule has 2 nitrogen and oxygen atoms in total. The van der Waals surface area contributed by atoms with Crippen molar-refractivity contribution in [1.29, 1.82) is 5.26 Å². The molecule has 5 rings (SSSR count). The highest BCUT2D eigenvalue weighted by atomic mass is 15.0. The maximum absolute atomic E-state index is 9.77. The van der Waals surface area contributed by atoms with E-state index >= 15 is 0 Å². The minimum atomic E-state index is -1.46. The van der Waals surface area contributed by atoms with Gasteiger partial charge in [0.25, 0.3) is 5.69 Å². The van der Waals surface area contributed by atoms with Crippen molar-refractivity contribution in [2.75, 3.05) is 0 Å². The van der Waals surface area contributed by atoms with Crippen LogP contribution in [0.3, 0.4) is 0 Å². The van der Waals surface area contributed by atoms with Crippen LogP contribution in [0.2, 0.25) is 0 Å². The van der Waals surface area contributed by atoms with Gasteiger partial charge in [-0.25, -0.2) is 0 Å². The van der Waals surface area contributed by atoms with Crippen LogP contribution in [0.25, 0.3) is 5.69 Å². The Morgan fingerprint density at radius 2 is 1.09 bits per heavy atom. The van der Waals surface area contributed by atoms with Crippen molar-refractivity contribution in [3.63, 3.8) is 0 Å². The lowest BCUT2D eigenvalue weighted by Crippen LogP contribution is -2.74. The normalized spacial score (nSPS) is 11.1. The third kappa shape index (κ3) is 3.60. The van der Waals surface area contributed by atoms with Crippen molar-refractivity contribution in [2.24, 2.45) is 0 Å². The summed E-state index contributed by atoms with van der Waals surface area (Å²) < 4.78 is 1.99. The van der Waals surface area contributed by atoms with E-state index in [2.05, 4.69) is 122 Å². The van der Waals surface area contributed by atoms with E-state index < -0.39 is 6.15 Å². The van der Waals surface area contributed by atoms with Gasteiger partial charge in [-0.2, -0.15) is 31.7 Å². The summed E-state index contributed by atoms with van der Waals surface area (Å²) in [6.07, 6.45) is 0.505. The third-order valence-electron chi connectivity index (χ3n) is 6.87. The molecular formula is C31H25BN2. The number of aryl methyl sites for hydroxylation is 1.